The van der Waals surface area contributed by atoms with E-state index < -0.39 is 92.7 Å². The van der Waals surface area contributed by atoms with Crippen LogP contribution in [0.3, 0.4) is 0 Å². The van der Waals surface area contributed by atoms with Gasteiger partial charge in [-0.3, -0.25) is 9.59 Å². The first-order valence-electron chi connectivity index (χ1n) is 25.4. The van der Waals surface area contributed by atoms with Crippen molar-refractivity contribution in [2.75, 3.05) is 26.4 Å². The van der Waals surface area contributed by atoms with Crippen molar-refractivity contribution in [1.82, 2.24) is 0 Å². The van der Waals surface area contributed by atoms with E-state index in [4.69, 9.17) is 28.4 Å². The number of aliphatic hydroxyl groups is 7. The normalized spacial score (nSPS) is 26.5. The molecular formula is C50H90O15. The fourth-order valence-corrected chi connectivity index (χ4v) is 7.95. The van der Waals surface area contributed by atoms with Crippen LogP contribution in [0.2, 0.25) is 0 Å². The van der Waals surface area contributed by atoms with Gasteiger partial charge in [0.15, 0.2) is 18.7 Å². The van der Waals surface area contributed by atoms with Gasteiger partial charge in [0.1, 0.15) is 55.4 Å². The topological polar surface area (TPSA) is 231 Å². The van der Waals surface area contributed by atoms with E-state index in [1.165, 1.54) is 89.9 Å². The van der Waals surface area contributed by atoms with Crippen LogP contribution in [0.25, 0.3) is 0 Å². The molecule has 11 atom stereocenters. The maximum atomic E-state index is 13.0. The van der Waals surface area contributed by atoms with E-state index in [2.05, 4.69) is 38.2 Å². The smallest absolute Gasteiger partial charge is 0.306 e. The first kappa shape index (κ1) is 59.1. The number of ether oxygens (including phenoxy) is 6. The molecular weight excluding hydrogens is 841 g/mol. The van der Waals surface area contributed by atoms with Gasteiger partial charge in [0.2, 0.25) is 0 Å². The van der Waals surface area contributed by atoms with Gasteiger partial charge in [-0.25, -0.2) is 0 Å². The van der Waals surface area contributed by atoms with Crippen molar-refractivity contribution in [3.05, 3.63) is 24.3 Å². The highest BCUT2D eigenvalue weighted by Gasteiger charge is 2.47. The molecule has 0 aromatic rings. The van der Waals surface area contributed by atoms with Gasteiger partial charge in [-0.2, -0.15) is 0 Å². The zero-order valence-corrected chi connectivity index (χ0v) is 40.0. The van der Waals surface area contributed by atoms with E-state index in [-0.39, 0.29) is 26.1 Å². The standard InChI is InChI=1S/C50H90O15/c1-3-5-7-9-11-13-15-16-17-18-19-20-21-22-23-25-27-29-31-33-42(53)63-38(35-60-41(52)32-30-28-26-24-14-12-10-8-6-4-2)36-61-49-48(59)46(57)44(55)40(65-49)37-62-50-47(58)45(56)43(54)39(34-51)64-50/h11,13,16-17,38-40,43-51,54-59H,3-10,12,14-15,18-37H2,1-2H3/b13-11+,17-16+/t38-,39+,40+,43-,44-,45?,46?,47?,48?,49+,50+/m1/s1. The van der Waals surface area contributed by atoms with Crippen molar-refractivity contribution < 1.29 is 73.8 Å². The molecule has 0 aliphatic carbocycles. The van der Waals surface area contributed by atoms with Gasteiger partial charge in [0, 0.05) is 12.8 Å². The first-order chi connectivity index (χ1) is 31.5. The van der Waals surface area contributed by atoms with E-state index in [9.17, 15) is 45.3 Å². The average molecular weight is 931 g/mol. The molecule has 0 aromatic heterocycles. The molecule has 15 nitrogen and oxygen atoms in total. The summed E-state index contributed by atoms with van der Waals surface area (Å²) in [4.78, 5) is 25.7. The summed E-state index contributed by atoms with van der Waals surface area (Å²) in [7, 11) is 0. The Balaban J connectivity index is 1.79. The highest BCUT2D eigenvalue weighted by Crippen LogP contribution is 2.26. The predicted octanol–water partition coefficient (Wildman–Crippen LogP) is 6.77. The largest absolute Gasteiger partial charge is 0.462 e. The van der Waals surface area contributed by atoms with Gasteiger partial charge in [-0.15, -0.1) is 0 Å². The van der Waals surface area contributed by atoms with Crippen LogP contribution in [0.5, 0.6) is 0 Å². The summed E-state index contributed by atoms with van der Waals surface area (Å²) in [5.41, 5.74) is 0. The lowest BCUT2D eigenvalue weighted by molar-refractivity contribution is -0.332. The Morgan fingerprint density at radius 2 is 0.923 bits per heavy atom. The monoisotopic (exact) mass is 931 g/mol. The fourth-order valence-electron chi connectivity index (χ4n) is 7.95. The average Bonchev–Trinajstić information content (AvgIpc) is 3.30. The van der Waals surface area contributed by atoms with Crippen LogP contribution < -0.4 is 0 Å². The summed E-state index contributed by atoms with van der Waals surface area (Å²) in [6, 6.07) is 0. The number of hydrogen-bond acceptors (Lipinski definition) is 15. The van der Waals surface area contributed by atoms with E-state index in [0.29, 0.717) is 12.8 Å². The zero-order chi connectivity index (χ0) is 47.5. The second kappa shape index (κ2) is 37.9. The van der Waals surface area contributed by atoms with Gasteiger partial charge in [0.25, 0.3) is 0 Å². The molecule has 0 amide bonds. The molecule has 0 saturated carbocycles. The van der Waals surface area contributed by atoms with Crippen molar-refractivity contribution in [3.8, 4) is 0 Å². The molecule has 15 heteroatoms. The lowest BCUT2D eigenvalue weighted by Gasteiger charge is -2.42. The summed E-state index contributed by atoms with van der Waals surface area (Å²) < 4.78 is 33.5. The molecule has 2 aliphatic rings. The molecule has 2 heterocycles. The molecule has 380 valence electrons. The summed E-state index contributed by atoms with van der Waals surface area (Å²) in [6.07, 6.45) is 20.7. The van der Waals surface area contributed by atoms with Crippen LogP contribution in [0.15, 0.2) is 24.3 Å². The molecule has 0 spiro atoms. The Bertz CT molecular complexity index is 1230. The van der Waals surface area contributed by atoms with Gasteiger partial charge in [-0.05, 0) is 44.9 Å². The molecule has 2 aliphatic heterocycles. The third kappa shape index (κ3) is 26.4. The molecule has 2 fully saturated rings. The molecule has 0 bridgehead atoms. The van der Waals surface area contributed by atoms with Crippen LogP contribution in [-0.2, 0) is 38.0 Å². The lowest BCUT2D eigenvalue weighted by Crippen LogP contribution is -2.61. The number of hydrogen-bond donors (Lipinski definition) is 7. The summed E-state index contributed by atoms with van der Waals surface area (Å²) in [6.45, 7) is 2.55. The van der Waals surface area contributed by atoms with E-state index in [1.54, 1.807) is 0 Å². The predicted molar refractivity (Wildman–Crippen MR) is 247 cm³/mol. The van der Waals surface area contributed by atoms with E-state index in [0.717, 1.165) is 57.8 Å². The minimum atomic E-state index is -1.76. The van der Waals surface area contributed by atoms with Gasteiger partial charge in [0.05, 0.1) is 19.8 Å². The van der Waals surface area contributed by atoms with Gasteiger partial charge in [-0.1, -0.05) is 154 Å². The molecule has 7 N–H and O–H groups in total. The van der Waals surface area contributed by atoms with Crippen molar-refractivity contribution in [2.24, 2.45) is 0 Å². The number of esters is 2. The Morgan fingerprint density at radius 3 is 1.46 bits per heavy atom. The minimum absolute atomic E-state index is 0.163. The zero-order valence-electron chi connectivity index (χ0n) is 40.0. The molecule has 4 unspecified atom stereocenters. The Morgan fingerprint density at radius 1 is 0.492 bits per heavy atom. The van der Waals surface area contributed by atoms with Gasteiger partial charge >= 0.3 is 11.9 Å². The molecule has 2 rings (SSSR count). The van der Waals surface area contributed by atoms with Crippen LogP contribution >= 0.6 is 0 Å². The lowest BCUT2D eigenvalue weighted by atomic mass is 9.98. The van der Waals surface area contributed by atoms with E-state index >= 15 is 0 Å². The minimum Gasteiger partial charge on any atom is -0.462 e. The Hall–Kier alpha value is -2.02. The van der Waals surface area contributed by atoms with Crippen molar-refractivity contribution >= 4 is 11.9 Å². The number of carbonyl (C=O) groups excluding carboxylic acids is 2. The quantitative estimate of drug-likeness (QED) is 0.0192. The summed E-state index contributed by atoms with van der Waals surface area (Å²) in [5, 5.41) is 72.0. The molecule has 0 aromatic carbocycles. The number of rotatable bonds is 39. The number of aliphatic hydroxyl groups excluding tert-OH is 7. The fraction of sp³-hybridized carbons (Fsp3) is 0.880. The highest BCUT2D eigenvalue weighted by atomic mass is 16.7. The van der Waals surface area contributed by atoms with Crippen molar-refractivity contribution in [2.45, 2.75) is 255 Å². The second-order valence-electron chi connectivity index (χ2n) is 18.0. The van der Waals surface area contributed by atoms with E-state index in [1.807, 2.05) is 0 Å². The Kier molecular flexibility index (Phi) is 34.5. The van der Waals surface area contributed by atoms with Gasteiger partial charge < -0.3 is 64.2 Å². The highest BCUT2D eigenvalue weighted by molar-refractivity contribution is 5.70. The summed E-state index contributed by atoms with van der Waals surface area (Å²) >= 11 is 0. The first-order valence-corrected chi connectivity index (χ1v) is 25.4. The van der Waals surface area contributed by atoms with Crippen LogP contribution in [0, 0.1) is 0 Å². The number of carbonyl (C=O) groups is 2. The van der Waals surface area contributed by atoms with Crippen LogP contribution in [0.1, 0.15) is 187 Å². The third-order valence-electron chi connectivity index (χ3n) is 12.2. The second-order valence-corrected chi connectivity index (χ2v) is 18.0. The Labute approximate surface area is 390 Å². The van der Waals surface area contributed by atoms with Crippen LogP contribution in [0.4, 0.5) is 0 Å². The van der Waals surface area contributed by atoms with Crippen molar-refractivity contribution in [1.29, 1.82) is 0 Å². The number of allylic oxidation sites excluding steroid dienone is 4. The molecule has 0 radical (unpaired) electrons. The third-order valence-corrected chi connectivity index (χ3v) is 12.2. The summed E-state index contributed by atoms with van der Waals surface area (Å²) in [5.74, 6) is -0.926. The maximum Gasteiger partial charge on any atom is 0.306 e. The molecule has 2 saturated heterocycles. The maximum absolute atomic E-state index is 13.0. The molecule has 65 heavy (non-hydrogen) atoms. The van der Waals surface area contributed by atoms with Crippen molar-refractivity contribution in [3.63, 3.8) is 0 Å². The number of unbranched alkanes of at least 4 members (excludes halogenated alkanes) is 21. The SMILES string of the molecule is CCCCC/C=C/C/C=C/CCCCCCCCCCCC(=O)O[C@H](COC(=O)CCCCCCCCCCCC)CO[C@H]1O[C@@H](CO[C@H]2O[C@@H](CO)[C@@H](O)C(O)C2O)[C@@H](O)C(O)C1O. The van der Waals surface area contributed by atoms with Crippen LogP contribution in [-0.4, -0.2) is 142 Å².